The second kappa shape index (κ2) is 7.87. The summed E-state index contributed by atoms with van der Waals surface area (Å²) in [6.07, 6.45) is 1.23. The van der Waals surface area contributed by atoms with E-state index in [9.17, 15) is 9.59 Å². The fourth-order valence-corrected chi connectivity index (χ4v) is 1.46. The van der Waals surface area contributed by atoms with E-state index in [4.69, 9.17) is 18.9 Å². The highest BCUT2D eigenvalue weighted by Crippen LogP contribution is 2.11. The van der Waals surface area contributed by atoms with Gasteiger partial charge in [0.15, 0.2) is 0 Å². The highest BCUT2D eigenvalue weighted by Gasteiger charge is 2.24. The molecule has 0 radical (unpaired) electrons. The zero-order chi connectivity index (χ0) is 15.1. The first-order chi connectivity index (χ1) is 10.2. The van der Waals surface area contributed by atoms with Crippen LogP contribution in [0.15, 0.2) is 24.3 Å². The van der Waals surface area contributed by atoms with Gasteiger partial charge in [-0.25, -0.2) is 4.79 Å². The molecule has 0 aliphatic carbocycles. The summed E-state index contributed by atoms with van der Waals surface area (Å²) in [4.78, 5) is 21.8. The van der Waals surface area contributed by atoms with Gasteiger partial charge in [0.05, 0.1) is 25.4 Å². The van der Waals surface area contributed by atoms with Crippen LogP contribution in [0.3, 0.4) is 0 Å². The number of methoxy groups -OCH3 is 1. The minimum Gasteiger partial charge on any atom is -0.459 e. The molecule has 6 heteroatoms. The molecule has 2 saturated heterocycles. The highest BCUT2D eigenvalue weighted by atomic mass is 16.6. The largest absolute Gasteiger partial charge is 0.459 e. The molecule has 1 aromatic rings. The minimum absolute atomic E-state index is 0.0724. The smallest absolute Gasteiger partial charge is 0.338 e. The number of carbonyl (C=O) groups excluding carboxylic acids is 2. The van der Waals surface area contributed by atoms with E-state index in [1.807, 2.05) is 0 Å². The van der Waals surface area contributed by atoms with Gasteiger partial charge < -0.3 is 18.9 Å². The lowest BCUT2D eigenvalue weighted by Crippen LogP contribution is -2.09. The van der Waals surface area contributed by atoms with E-state index in [1.165, 1.54) is 0 Å². The van der Waals surface area contributed by atoms with Gasteiger partial charge in [-0.05, 0) is 12.1 Å². The van der Waals surface area contributed by atoms with E-state index >= 15 is 0 Å². The van der Waals surface area contributed by atoms with Crippen molar-refractivity contribution in [2.24, 2.45) is 0 Å². The van der Waals surface area contributed by atoms with Gasteiger partial charge in [-0.15, -0.1) is 0 Å². The molecule has 6 nitrogen and oxygen atoms in total. The first-order valence-corrected chi connectivity index (χ1v) is 6.67. The molecular weight excluding hydrogens is 276 g/mol. The molecule has 0 N–H and O–H groups in total. The van der Waals surface area contributed by atoms with Crippen LogP contribution in [-0.4, -0.2) is 58.0 Å². The van der Waals surface area contributed by atoms with Crippen molar-refractivity contribution in [3.8, 4) is 0 Å². The number of esters is 1. The van der Waals surface area contributed by atoms with Gasteiger partial charge in [-0.3, -0.25) is 4.79 Å². The zero-order valence-electron chi connectivity index (χ0n) is 11.8. The van der Waals surface area contributed by atoms with Gasteiger partial charge in [-0.2, -0.15) is 0 Å². The Balaban J connectivity index is 0.000000225. The van der Waals surface area contributed by atoms with Crippen molar-refractivity contribution < 1.29 is 28.5 Å². The average molecular weight is 294 g/mol. The average Bonchev–Trinajstić information content (AvgIpc) is 3.40. The molecule has 21 heavy (non-hydrogen) atoms. The Bertz CT molecular complexity index is 462. The molecule has 0 aromatic heterocycles. The molecule has 0 saturated carbocycles. The number of hydrogen-bond acceptors (Lipinski definition) is 6. The minimum atomic E-state index is -0.386. The maximum Gasteiger partial charge on any atom is 0.338 e. The lowest BCUT2D eigenvalue weighted by molar-refractivity contribution is 0.0476. The summed E-state index contributed by atoms with van der Waals surface area (Å²) in [5.74, 6) is -0.386. The molecule has 2 fully saturated rings. The highest BCUT2D eigenvalue weighted by molar-refractivity contribution is 5.90. The first kappa shape index (κ1) is 15.6. The van der Waals surface area contributed by atoms with E-state index < -0.39 is 0 Å². The van der Waals surface area contributed by atoms with Crippen LogP contribution >= 0.6 is 0 Å². The third kappa shape index (κ3) is 6.03. The zero-order valence-corrected chi connectivity index (χ0v) is 11.8. The Morgan fingerprint density at radius 3 is 2.19 bits per heavy atom. The topological polar surface area (TPSA) is 77.7 Å². The number of aldehydes is 1. The van der Waals surface area contributed by atoms with E-state index in [0.29, 0.717) is 30.4 Å². The van der Waals surface area contributed by atoms with Crippen LogP contribution in [0.1, 0.15) is 20.7 Å². The van der Waals surface area contributed by atoms with Crippen LogP contribution in [0, 0.1) is 0 Å². The third-order valence-electron chi connectivity index (χ3n) is 2.84. The monoisotopic (exact) mass is 294 g/mol. The predicted octanol–water partition coefficient (Wildman–Crippen LogP) is 1.09. The normalized spacial score (nSPS) is 21.8. The summed E-state index contributed by atoms with van der Waals surface area (Å²) in [5, 5.41) is 0. The second-order valence-electron chi connectivity index (χ2n) is 4.70. The summed E-state index contributed by atoms with van der Waals surface area (Å²) in [6.45, 7) is 2.62. The van der Waals surface area contributed by atoms with Crippen LogP contribution in [0.2, 0.25) is 0 Å². The third-order valence-corrected chi connectivity index (χ3v) is 2.84. The number of hydrogen-bond donors (Lipinski definition) is 0. The van der Waals surface area contributed by atoms with Crippen molar-refractivity contribution in [3.05, 3.63) is 35.4 Å². The van der Waals surface area contributed by atoms with Gasteiger partial charge in [0.25, 0.3) is 0 Å². The fourth-order valence-electron chi connectivity index (χ4n) is 1.46. The van der Waals surface area contributed by atoms with Gasteiger partial charge in [0.1, 0.15) is 25.1 Å². The van der Waals surface area contributed by atoms with Crippen LogP contribution < -0.4 is 0 Å². The molecular formula is C15H18O6. The maximum atomic E-state index is 11.4. The van der Waals surface area contributed by atoms with Gasteiger partial charge in [0.2, 0.25) is 0 Å². The lowest BCUT2D eigenvalue weighted by atomic mass is 10.1. The number of benzene rings is 1. The van der Waals surface area contributed by atoms with Crippen molar-refractivity contribution in [2.45, 2.75) is 12.2 Å². The van der Waals surface area contributed by atoms with E-state index in [2.05, 4.69) is 0 Å². The quantitative estimate of drug-likeness (QED) is 0.444. The number of epoxide rings is 2. The Morgan fingerprint density at radius 2 is 1.76 bits per heavy atom. The Hall–Kier alpha value is -1.76. The van der Waals surface area contributed by atoms with Crippen LogP contribution in [0.5, 0.6) is 0 Å². The number of ether oxygens (including phenoxy) is 4. The molecule has 0 amide bonds. The van der Waals surface area contributed by atoms with E-state index in [0.717, 1.165) is 19.5 Å². The van der Waals surface area contributed by atoms with Crippen molar-refractivity contribution in [1.82, 2.24) is 0 Å². The molecule has 0 bridgehead atoms. The fraction of sp³-hybridized carbons (Fsp3) is 0.467. The Kier molecular flexibility index (Phi) is 5.86. The Labute approximate surface area is 122 Å². The molecule has 3 rings (SSSR count). The van der Waals surface area contributed by atoms with Crippen molar-refractivity contribution in [2.75, 3.05) is 33.5 Å². The van der Waals surface area contributed by atoms with Gasteiger partial charge >= 0.3 is 5.97 Å². The van der Waals surface area contributed by atoms with Crippen molar-refractivity contribution in [1.29, 1.82) is 0 Å². The Morgan fingerprint density at radius 1 is 1.19 bits per heavy atom. The molecule has 1 aromatic carbocycles. The predicted molar refractivity (Wildman–Crippen MR) is 73.5 cm³/mol. The maximum absolute atomic E-state index is 11.4. The van der Waals surface area contributed by atoms with Gasteiger partial charge in [-0.1, -0.05) is 12.1 Å². The molecule has 2 aliphatic heterocycles. The van der Waals surface area contributed by atoms with Crippen molar-refractivity contribution in [3.63, 3.8) is 0 Å². The van der Waals surface area contributed by atoms with Gasteiger partial charge in [0, 0.05) is 12.7 Å². The first-order valence-electron chi connectivity index (χ1n) is 6.67. The summed E-state index contributed by atoms with van der Waals surface area (Å²) < 4.78 is 19.4. The molecule has 114 valence electrons. The SMILES string of the molecule is COCC1CO1.O=Cc1ccc(C(=O)OCC2CO2)cc1. The molecule has 2 atom stereocenters. The standard InChI is InChI=1S/C11H10O4.C4H8O2/c12-5-8-1-3-9(4-2-8)11(13)15-7-10-6-14-10;1-5-2-4-3-6-4/h1-5,10H,6-7H2;4H,2-3H2,1H3. The summed E-state index contributed by atoms with van der Waals surface area (Å²) in [7, 11) is 1.68. The number of rotatable bonds is 6. The molecule has 2 unspecified atom stereocenters. The molecule has 0 spiro atoms. The number of carbonyl (C=O) groups is 2. The van der Waals surface area contributed by atoms with E-state index in [-0.39, 0.29) is 12.1 Å². The molecule has 2 aliphatic rings. The second-order valence-corrected chi connectivity index (χ2v) is 4.70. The molecule has 2 heterocycles. The van der Waals surface area contributed by atoms with E-state index in [1.54, 1.807) is 31.4 Å². The van der Waals surface area contributed by atoms with Crippen LogP contribution in [-0.2, 0) is 18.9 Å². The van der Waals surface area contributed by atoms with Crippen LogP contribution in [0.4, 0.5) is 0 Å². The lowest BCUT2D eigenvalue weighted by Gasteiger charge is -2.02. The summed E-state index contributed by atoms with van der Waals surface area (Å²) in [5.41, 5.74) is 0.985. The summed E-state index contributed by atoms with van der Waals surface area (Å²) >= 11 is 0. The summed E-state index contributed by atoms with van der Waals surface area (Å²) in [6, 6.07) is 6.30. The van der Waals surface area contributed by atoms with Crippen LogP contribution in [0.25, 0.3) is 0 Å². The van der Waals surface area contributed by atoms with Crippen molar-refractivity contribution >= 4 is 12.3 Å².